The van der Waals surface area contributed by atoms with Crippen LogP contribution < -0.4 is 11.2 Å². The number of aryl methyl sites for hydroxylation is 1. The van der Waals surface area contributed by atoms with Crippen molar-refractivity contribution in [3.8, 4) is 0 Å². The number of hydrogen-bond acceptors (Lipinski definition) is 5. The van der Waals surface area contributed by atoms with E-state index in [4.69, 9.17) is 5.11 Å². The van der Waals surface area contributed by atoms with Crippen LogP contribution in [0.3, 0.4) is 0 Å². The molecule has 17 heavy (non-hydrogen) atoms. The lowest BCUT2D eigenvalue weighted by atomic mass is 10.3. The Bertz CT molecular complexity index is 598. The summed E-state index contributed by atoms with van der Waals surface area (Å²) in [7, 11) is 1.19. The second kappa shape index (κ2) is 4.20. The van der Waals surface area contributed by atoms with Crippen LogP contribution in [0.5, 0.6) is 0 Å². The molecule has 0 radical (unpaired) electrons. The zero-order valence-electron chi connectivity index (χ0n) is 8.98. The molecule has 0 saturated heterocycles. The van der Waals surface area contributed by atoms with Gasteiger partial charge in [0.25, 0.3) is 0 Å². The van der Waals surface area contributed by atoms with Gasteiger partial charge in [-0.15, -0.1) is 0 Å². The third-order valence-corrected chi connectivity index (χ3v) is 2.20. The molecule has 0 amide bonds. The number of rotatable bonds is 3. The Morgan fingerprint density at radius 2 is 2.06 bits per heavy atom. The molecule has 0 bridgehead atoms. The summed E-state index contributed by atoms with van der Waals surface area (Å²) in [5, 5.41) is 19.3. The first-order chi connectivity index (χ1) is 7.77. The second-order valence-electron chi connectivity index (χ2n) is 3.35. The Labute approximate surface area is 93.7 Å². The number of nitro groups is 1. The zero-order valence-corrected chi connectivity index (χ0v) is 8.98. The van der Waals surface area contributed by atoms with E-state index in [0.29, 0.717) is 4.57 Å². The van der Waals surface area contributed by atoms with Gasteiger partial charge in [0.05, 0.1) is 11.1 Å². The lowest BCUT2D eigenvalue weighted by Crippen LogP contribution is -2.43. The molecule has 0 aliphatic carbocycles. The maximum absolute atomic E-state index is 11.6. The van der Waals surface area contributed by atoms with Gasteiger partial charge in [-0.25, -0.2) is 14.2 Å². The van der Waals surface area contributed by atoms with Crippen LogP contribution in [0.1, 0.15) is 13.0 Å². The molecule has 0 aromatic carbocycles. The van der Waals surface area contributed by atoms with Crippen molar-refractivity contribution in [3.05, 3.63) is 37.1 Å². The smallest absolute Gasteiger partial charge is 0.350 e. The summed E-state index contributed by atoms with van der Waals surface area (Å²) in [6, 6.07) is -1.47. The Morgan fingerprint density at radius 3 is 2.47 bits per heavy atom. The molecule has 1 rings (SSSR count). The van der Waals surface area contributed by atoms with E-state index in [1.54, 1.807) is 0 Å². The van der Waals surface area contributed by atoms with Crippen molar-refractivity contribution in [2.75, 3.05) is 0 Å². The molecular formula is C8H9N3O6. The van der Waals surface area contributed by atoms with Crippen molar-refractivity contribution in [3.63, 3.8) is 0 Å². The third-order valence-electron chi connectivity index (χ3n) is 2.20. The highest BCUT2D eigenvalue weighted by molar-refractivity contribution is 5.71. The van der Waals surface area contributed by atoms with Crippen molar-refractivity contribution in [1.29, 1.82) is 0 Å². The van der Waals surface area contributed by atoms with Gasteiger partial charge in [-0.1, -0.05) is 0 Å². The fourth-order valence-corrected chi connectivity index (χ4v) is 1.25. The van der Waals surface area contributed by atoms with E-state index in [0.717, 1.165) is 17.7 Å². The van der Waals surface area contributed by atoms with Gasteiger partial charge in [0.15, 0.2) is 0 Å². The Hall–Kier alpha value is -2.45. The minimum Gasteiger partial charge on any atom is -0.480 e. The Kier molecular flexibility index (Phi) is 3.12. The molecule has 0 saturated carbocycles. The number of carboxylic acids is 1. The maximum atomic E-state index is 11.6. The maximum Gasteiger partial charge on any atom is 0.350 e. The molecule has 1 unspecified atom stereocenters. The minimum atomic E-state index is -1.47. The molecule has 1 aromatic heterocycles. The molecule has 9 heteroatoms. The van der Waals surface area contributed by atoms with Crippen LogP contribution in [0, 0.1) is 10.1 Å². The first-order valence-electron chi connectivity index (χ1n) is 4.46. The fourth-order valence-electron chi connectivity index (χ4n) is 1.25. The predicted molar refractivity (Wildman–Crippen MR) is 54.9 cm³/mol. The average Bonchev–Trinajstić information content (AvgIpc) is 2.22. The zero-order chi connectivity index (χ0) is 13.3. The monoisotopic (exact) mass is 243 g/mol. The van der Waals surface area contributed by atoms with E-state index in [9.17, 15) is 24.5 Å². The van der Waals surface area contributed by atoms with Gasteiger partial charge in [0.1, 0.15) is 6.04 Å². The quantitative estimate of drug-likeness (QED) is 0.541. The highest BCUT2D eigenvalue weighted by Gasteiger charge is 2.25. The van der Waals surface area contributed by atoms with Gasteiger partial charge in [0.2, 0.25) is 0 Å². The first-order valence-corrected chi connectivity index (χ1v) is 4.46. The number of carbonyl (C=O) groups is 1. The van der Waals surface area contributed by atoms with Crippen molar-refractivity contribution in [2.24, 2.45) is 7.05 Å². The third kappa shape index (κ3) is 2.07. The lowest BCUT2D eigenvalue weighted by Gasteiger charge is -2.10. The lowest BCUT2D eigenvalue weighted by molar-refractivity contribution is -0.387. The van der Waals surface area contributed by atoms with E-state index in [1.165, 1.54) is 7.05 Å². The van der Waals surface area contributed by atoms with Crippen LogP contribution in [-0.2, 0) is 11.8 Å². The molecule has 1 atom stereocenters. The van der Waals surface area contributed by atoms with Crippen LogP contribution in [0.25, 0.3) is 0 Å². The number of carboxylic acid groups (broad SMARTS) is 1. The van der Waals surface area contributed by atoms with Gasteiger partial charge in [0, 0.05) is 7.05 Å². The fraction of sp³-hybridized carbons (Fsp3) is 0.375. The predicted octanol–water partition coefficient (Wildman–Crippen LogP) is -0.899. The van der Waals surface area contributed by atoms with Gasteiger partial charge in [-0.2, -0.15) is 0 Å². The summed E-state index contributed by atoms with van der Waals surface area (Å²) in [6.45, 7) is 1.09. The van der Waals surface area contributed by atoms with Crippen molar-refractivity contribution in [2.45, 2.75) is 13.0 Å². The molecule has 0 aliphatic rings. The number of nitrogens with zero attached hydrogens (tertiary/aromatic N) is 3. The standard InChI is InChI=1S/C8H9N3O6/c1-4(7(13)14)10-6(12)5(11(16)17)3-9(2)8(10)15/h3-4H,1-2H3,(H,13,14). The van der Waals surface area contributed by atoms with Gasteiger partial charge in [-0.05, 0) is 6.92 Å². The molecule has 0 fully saturated rings. The first kappa shape index (κ1) is 12.6. The van der Waals surface area contributed by atoms with Gasteiger partial charge < -0.3 is 5.11 Å². The van der Waals surface area contributed by atoms with Crippen LogP contribution in [0.2, 0.25) is 0 Å². The van der Waals surface area contributed by atoms with Crippen LogP contribution in [0.4, 0.5) is 5.69 Å². The molecular weight excluding hydrogens is 234 g/mol. The minimum absolute atomic E-state index is 0.334. The summed E-state index contributed by atoms with van der Waals surface area (Å²) < 4.78 is 1.12. The molecule has 92 valence electrons. The second-order valence-corrected chi connectivity index (χ2v) is 3.35. The van der Waals surface area contributed by atoms with Crippen LogP contribution >= 0.6 is 0 Å². The SMILES string of the molecule is CC(C(=O)O)n1c(=O)c([N+](=O)[O-])cn(C)c1=O. The Morgan fingerprint density at radius 1 is 1.53 bits per heavy atom. The van der Waals surface area contributed by atoms with E-state index in [2.05, 4.69) is 0 Å². The summed E-state index contributed by atoms with van der Waals surface area (Å²) in [5.41, 5.74) is -3.00. The topological polar surface area (TPSA) is 124 Å². The summed E-state index contributed by atoms with van der Waals surface area (Å²) in [4.78, 5) is 43.4. The van der Waals surface area contributed by atoms with E-state index in [1.807, 2.05) is 0 Å². The summed E-state index contributed by atoms with van der Waals surface area (Å²) >= 11 is 0. The molecule has 0 aliphatic heterocycles. The highest BCUT2D eigenvalue weighted by atomic mass is 16.6. The molecule has 9 nitrogen and oxygen atoms in total. The van der Waals surface area contributed by atoms with Crippen molar-refractivity contribution < 1.29 is 14.8 Å². The molecule has 1 aromatic rings. The number of hydrogen-bond donors (Lipinski definition) is 1. The molecule has 0 spiro atoms. The van der Waals surface area contributed by atoms with Gasteiger partial charge >= 0.3 is 22.9 Å². The highest BCUT2D eigenvalue weighted by Crippen LogP contribution is 2.04. The van der Waals surface area contributed by atoms with E-state index in [-0.39, 0.29) is 0 Å². The van der Waals surface area contributed by atoms with Crippen molar-refractivity contribution in [1.82, 2.24) is 9.13 Å². The Balaban J connectivity index is 3.71. The summed E-state index contributed by atoms with van der Waals surface area (Å²) in [6.07, 6.45) is 0.760. The normalized spacial score (nSPS) is 12.1. The molecule has 1 N–H and O–H groups in total. The average molecular weight is 243 g/mol. The number of aliphatic carboxylic acids is 1. The van der Waals surface area contributed by atoms with E-state index >= 15 is 0 Å². The molecule has 1 heterocycles. The van der Waals surface area contributed by atoms with Crippen LogP contribution in [0.15, 0.2) is 15.8 Å². The van der Waals surface area contributed by atoms with E-state index < -0.39 is 33.9 Å². The van der Waals surface area contributed by atoms with Crippen LogP contribution in [-0.4, -0.2) is 25.1 Å². The van der Waals surface area contributed by atoms with Crippen molar-refractivity contribution >= 4 is 11.7 Å². The summed E-state index contributed by atoms with van der Waals surface area (Å²) in [5.74, 6) is -1.43. The van der Waals surface area contributed by atoms with Gasteiger partial charge in [-0.3, -0.25) is 19.5 Å². The largest absolute Gasteiger partial charge is 0.480 e. The number of aromatic nitrogens is 2.